The Morgan fingerprint density at radius 1 is 0.977 bits per heavy atom. The second-order valence-corrected chi connectivity index (χ2v) is 12.8. The molecule has 0 fully saturated rings. The molecular formula is C33H32N6O3S. The number of nitrogen functional groups attached to an aromatic ring is 1. The summed E-state index contributed by atoms with van der Waals surface area (Å²) in [4.78, 5) is 17.0. The van der Waals surface area contributed by atoms with E-state index in [4.69, 9.17) is 15.5 Å². The normalized spacial score (nSPS) is 13.4. The van der Waals surface area contributed by atoms with Crippen molar-refractivity contribution in [2.75, 3.05) is 12.3 Å². The highest BCUT2D eigenvalue weighted by atomic mass is 32.2. The van der Waals surface area contributed by atoms with Gasteiger partial charge in [-0.15, -0.1) is 0 Å². The number of hydrogen-bond acceptors (Lipinski definition) is 7. The minimum Gasteiger partial charge on any atom is -0.493 e. The molecule has 0 amide bonds. The monoisotopic (exact) mass is 592 g/mol. The zero-order chi connectivity index (χ0) is 30.0. The van der Waals surface area contributed by atoms with Crippen molar-refractivity contribution < 1.29 is 13.2 Å². The van der Waals surface area contributed by atoms with E-state index in [9.17, 15) is 8.42 Å². The first-order valence-corrected chi connectivity index (χ1v) is 15.6. The summed E-state index contributed by atoms with van der Waals surface area (Å²) in [5, 5.41) is -0.670. The molecule has 3 N–H and O–H groups in total. The van der Waals surface area contributed by atoms with Crippen molar-refractivity contribution in [2.45, 2.75) is 31.9 Å². The molecule has 0 spiro atoms. The van der Waals surface area contributed by atoms with Crippen molar-refractivity contribution in [3.8, 4) is 39.7 Å². The average molecular weight is 593 g/mol. The van der Waals surface area contributed by atoms with Gasteiger partial charge >= 0.3 is 0 Å². The first-order chi connectivity index (χ1) is 20.8. The van der Waals surface area contributed by atoms with Crippen molar-refractivity contribution in [2.24, 2.45) is 4.99 Å². The SMILES string of the molecule is CC(C)S(=O)(=O)n1c(N)nc2ccc(-c3nc(-c4cccc(OCCC5=CCC=NC=C5)c4)[nH]c3-c3ccccc3)cc21. The van der Waals surface area contributed by atoms with Gasteiger partial charge in [0.05, 0.1) is 34.3 Å². The third-order valence-corrected chi connectivity index (χ3v) is 9.34. The van der Waals surface area contributed by atoms with Gasteiger partial charge in [0.15, 0.2) is 0 Å². The zero-order valence-corrected chi connectivity index (χ0v) is 24.8. The Morgan fingerprint density at radius 2 is 1.79 bits per heavy atom. The number of aliphatic imine (C=N–C) groups is 1. The van der Waals surface area contributed by atoms with Gasteiger partial charge in [-0.2, -0.15) is 0 Å². The minimum atomic E-state index is -3.74. The molecule has 3 aromatic carbocycles. The third-order valence-electron chi connectivity index (χ3n) is 7.26. The maximum atomic E-state index is 13.2. The van der Waals surface area contributed by atoms with Gasteiger partial charge in [0.25, 0.3) is 0 Å². The van der Waals surface area contributed by atoms with E-state index in [1.54, 1.807) is 26.0 Å². The van der Waals surface area contributed by atoms with Crippen molar-refractivity contribution >= 4 is 33.2 Å². The number of nitrogens with one attached hydrogen (secondary N) is 1. The predicted molar refractivity (Wildman–Crippen MR) is 172 cm³/mol. The number of nitrogens with zero attached hydrogens (tertiary/aromatic N) is 4. The van der Waals surface area contributed by atoms with Gasteiger partial charge < -0.3 is 15.5 Å². The molecule has 0 unspecified atom stereocenters. The van der Waals surface area contributed by atoms with Crippen LogP contribution in [0.2, 0.25) is 0 Å². The largest absolute Gasteiger partial charge is 0.493 e. The molecule has 3 heterocycles. The van der Waals surface area contributed by atoms with Gasteiger partial charge in [0, 0.05) is 41.9 Å². The number of hydrogen-bond donors (Lipinski definition) is 2. The number of aromatic amines is 1. The van der Waals surface area contributed by atoms with E-state index in [2.05, 4.69) is 21.0 Å². The number of nitrogens with two attached hydrogens (primary N) is 1. The van der Waals surface area contributed by atoms with Crippen molar-refractivity contribution in [3.05, 3.63) is 96.7 Å². The molecule has 0 saturated heterocycles. The van der Waals surface area contributed by atoms with Crippen molar-refractivity contribution in [1.82, 2.24) is 18.9 Å². The summed E-state index contributed by atoms with van der Waals surface area (Å²) in [6, 6.07) is 23.2. The number of imidazole rings is 2. The van der Waals surface area contributed by atoms with Crippen LogP contribution in [0.3, 0.4) is 0 Å². The number of allylic oxidation sites excluding steroid dienone is 2. The van der Waals surface area contributed by atoms with E-state index in [-0.39, 0.29) is 5.95 Å². The standard InChI is InChI=1S/C33H32N6O3S/c1-22(2)43(40,41)39-29-21-25(13-14-28(29)36-33(39)34)31-30(24-9-4-3-5-10-24)37-32(38-31)26-11-6-12-27(20-26)42-19-16-23-8-7-17-35-18-15-23/h3-6,8-15,17-18,20-22H,7,16,19H2,1-2H3,(H2,34,36)(H,37,38). The molecule has 0 atom stereocenters. The van der Waals surface area contributed by atoms with E-state index in [1.165, 1.54) is 5.57 Å². The first-order valence-electron chi connectivity index (χ1n) is 14.1. The number of aromatic nitrogens is 4. The summed E-state index contributed by atoms with van der Waals surface area (Å²) in [6.07, 6.45) is 9.45. The second-order valence-electron chi connectivity index (χ2n) is 10.5. The molecular weight excluding hydrogens is 560 g/mol. The Hall–Kier alpha value is -4.96. The topological polar surface area (TPSA) is 128 Å². The van der Waals surface area contributed by atoms with E-state index in [0.29, 0.717) is 29.2 Å². The molecule has 0 saturated carbocycles. The fourth-order valence-electron chi connectivity index (χ4n) is 4.97. The van der Waals surface area contributed by atoms with Gasteiger partial charge in [-0.1, -0.05) is 54.6 Å². The van der Waals surface area contributed by atoms with Crippen LogP contribution in [0.25, 0.3) is 44.9 Å². The molecule has 0 bridgehead atoms. The number of rotatable bonds is 9. The quantitative estimate of drug-likeness (QED) is 0.198. The van der Waals surface area contributed by atoms with Crippen LogP contribution in [0, 0.1) is 0 Å². The Labute approximate surface area is 250 Å². The Kier molecular flexibility index (Phi) is 7.69. The van der Waals surface area contributed by atoms with Crippen LogP contribution in [0.15, 0.2) is 102 Å². The van der Waals surface area contributed by atoms with Gasteiger partial charge in [-0.3, -0.25) is 4.99 Å². The molecule has 6 rings (SSSR count). The van der Waals surface area contributed by atoms with Crippen LogP contribution in [0.1, 0.15) is 26.7 Å². The van der Waals surface area contributed by atoms with E-state index in [0.717, 1.165) is 44.9 Å². The number of ether oxygens (including phenoxy) is 1. The van der Waals surface area contributed by atoms with Gasteiger partial charge in [0.1, 0.15) is 11.6 Å². The minimum absolute atomic E-state index is 0.0663. The Morgan fingerprint density at radius 3 is 2.60 bits per heavy atom. The molecule has 2 aromatic heterocycles. The molecule has 0 aliphatic carbocycles. The molecule has 1 aliphatic heterocycles. The first kappa shape index (κ1) is 28.2. The van der Waals surface area contributed by atoms with Crippen molar-refractivity contribution in [3.63, 3.8) is 0 Å². The number of H-pyrrole nitrogens is 1. The fourth-order valence-corrected chi connectivity index (χ4v) is 6.11. The molecule has 43 heavy (non-hydrogen) atoms. The predicted octanol–water partition coefficient (Wildman–Crippen LogP) is 6.61. The van der Waals surface area contributed by atoms with E-state index in [1.807, 2.05) is 79.2 Å². The number of fused-ring (bicyclic) bond motifs is 1. The highest BCUT2D eigenvalue weighted by molar-refractivity contribution is 7.90. The average Bonchev–Trinajstić information content (AvgIpc) is 3.49. The Balaban J connectivity index is 1.38. The van der Waals surface area contributed by atoms with E-state index >= 15 is 0 Å². The lowest BCUT2D eigenvalue weighted by Gasteiger charge is -2.11. The maximum absolute atomic E-state index is 13.2. The summed E-state index contributed by atoms with van der Waals surface area (Å²) < 4.78 is 33.5. The maximum Gasteiger partial charge on any atom is 0.244 e. The van der Waals surface area contributed by atoms with Crippen LogP contribution in [-0.2, 0) is 10.0 Å². The van der Waals surface area contributed by atoms with Crippen molar-refractivity contribution in [1.29, 1.82) is 0 Å². The molecule has 10 heteroatoms. The summed E-state index contributed by atoms with van der Waals surface area (Å²) in [5.74, 6) is 1.34. The van der Waals surface area contributed by atoms with Crippen LogP contribution >= 0.6 is 0 Å². The lowest BCUT2D eigenvalue weighted by Crippen LogP contribution is -2.23. The van der Waals surface area contributed by atoms with Gasteiger partial charge in [0.2, 0.25) is 16.0 Å². The number of benzene rings is 3. The molecule has 1 aliphatic rings. The molecule has 0 radical (unpaired) electrons. The van der Waals surface area contributed by atoms with Crippen LogP contribution in [0.4, 0.5) is 5.95 Å². The smallest absolute Gasteiger partial charge is 0.244 e. The van der Waals surface area contributed by atoms with Crippen LogP contribution in [0.5, 0.6) is 5.75 Å². The van der Waals surface area contributed by atoms with Crippen LogP contribution in [-0.4, -0.2) is 45.4 Å². The van der Waals surface area contributed by atoms with E-state index < -0.39 is 15.3 Å². The third kappa shape index (κ3) is 5.74. The zero-order valence-electron chi connectivity index (χ0n) is 23.9. The fraction of sp³-hybridized carbons (Fsp3) is 0.182. The molecule has 218 valence electrons. The number of anilines is 1. The summed E-state index contributed by atoms with van der Waals surface area (Å²) in [6.45, 7) is 3.78. The highest BCUT2D eigenvalue weighted by Gasteiger charge is 2.25. The molecule has 9 nitrogen and oxygen atoms in total. The molecule has 5 aromatic rings. The van der Waals surface area contributed by atoms with Crippen LogP contribution < -0.4 is 10.5 Å². The Bertz CT molecular complexity index is 1990. The lowest BCUT2D eigenvalue weighted by atomic mass is 10.0. The lowest BCUT2D eigenvalue weighted by molar-refractivity contribution is 0.322. The summed E-state index contributed by atoms with van der Waals surface area (Å²) in [5.41, 5.74) is 12.2. The highest BCUT2D eigenvalue weighted by Crippen LogP contribution is 2.36. The second kappa shape index (κ2) is 11.7. The van der Waals surface area contributed by atoms with Gasteiger partial charge in [-0.05, 0) is 49.8 Å². The van der Waals surface area contributed by atoms with Gasteiger partial charge in [-0.25, -0.2) is 22.4 Å². The summed E-state index contributed by atoms with van der Waals surface area (Å²) >= 11 is 0. The summed E-state index contributed by atoms with van der Waals surface area (Å²) in [7, 11) is -3.74.